The van der Waals surface area contributed by atoms with Crippen LogP contribution in [0.25, 0.3) is 34.1 Å². The SMILES string of the molecule is N#C/C(=C\c1ccc([N+](=O)[O-])cc1)c1nc(-c2cc3ccccc3o2)cs1. The zero-order chi connectivity index (χ0) is 18.8. The van der Waals surface area contributed by atoms with Crippen LogP contribution >= 0.6 is 11.3 Å². The van der Waals surface area contributed by atoms with Gasteiger partial charge in [-0.05, 0) is 35.9 Å². The predicted molar refractivity (Wildman–Crippen MR) is 104 cm³/mol. The topological polar surface area (TPSA) is 93.0 Å². The lowest BCUT2D eigenvalue weighted by Gasteiger charge is -1.96. The van der Waals surface area contributed by atoms with E-state index in [1.54, 1.807) is 18.2 Å². The van der Waals surface area contributed by atoms with Crippen molar-refractivity contribution < 1.29 is 9.34 Å². The number of nitriles is 1. The summed E-state index contributed by atoms with van der Waals surface area (Å²) in [5.74, 6) is 0.645. The second kappa shape index (κ2) is 6.86. The van der Waals surface area contributed by atoms with Crippen LogP contribution in [0.15, 0.2) is 64.4 Å². The van der Waals surface area contributed by atoms with Crippen molar-refractivity contribution in [2.24, 2.45) is 0 Å². The molecule has 0 atom stereocenters. The number of furan rings is 1. The zero-order valence-electron chi connectivity index (χ0n) is 13.8. The lowest BCUT2D eigenvalue weighted by molar-refractivity contribution is -0.384. The lowest BCUT2D eigenvalue weighted by atomic mass is 10.1. The number of para-hydroxylation sites is 1. The Labute approximate surface area is 157 Å². The molecule has 0 unspecified atom stereocenters. The number of nitrogens with zero attached hydrogens (tertiary/aromatic N) is 3. The fourth-order valence-electron chi connectivity index (χ4n) is 2.62. The highest BCUT2D eigenvalue weighted by molar-refractivity contribution is 7.11. The maximum absolute atomic E-state index is 10.7. The van der Waals surface area contributed by atoms with Gasteiger partial charge in [-0.2, -0.15) is 5.26 Å². The molecule has 0 N–H and O–H groups in total. The van der Waals surface area contributed by atoms with Crippen LogP contribution in [0.1, 0.15) is 10.6 Å². The Morgan fingerprint density at radius 3 is 2.70 bits per heavy atom. The first-order chi connectivity index (χ1) is 13.1. The number of thiazole rings is 1. The van der Waals surface area contributed by atoms with Gasteiger partial charge in [-0.25, -0.2) is 4.98 Å². The number of fused-ring (bicyclic) bond motifs is 1. The van der Waals surface area contributed by atoms with Crippen molar-refractivity contribution >= 4 is 39.6 Å². The Balaban J connectivity index is 1.65. The van der Waals surface area contributed by atoms with Gasteiger partial charge in [0.2, 0.25) is 0 Å². The fourth-order valence-corrected chi connectivity index (χ4v) is 3.39. The lowest BCUT2D eigenvalue weighted by Crippen LogP contribution is -1.87. The molecule has 0 bridgehead atoms. The van der Waals surface area contributed by atoms with E-state index in [2.05, 4.69) is 11.1 Å². The van der Waals surface area contributed by atoms with Crippen molar-refractivity contribution in [2.45, 2.75) is 0 Å². The number of hydrogen-bond acceptors (Lipinski definition) is 6. The summed E-state index contributed by atoms with van der Waals surface area (Å²) < 4.78 is 5.81. The molecule has 4 rings (SSSR count). The second-order valence-corrected chi connectivity index (χ2v) is 6.56. The molecule has 0 saturated carbocycles. The maximum Gasteiger partial charge on any atom is 0.269 e. The maximum atomic E-state index is 10.7. The smallest absolute Gasteiger partial charge is 0.269 e. The van der Waals surface area contributed by atoms with E-state index in [0.717, 1.165) is 11.0 Å². The van der Waals surface area contributed by atoms with E-state index < -0.39 is 4.92 Å². The molecule has 0 radical (unpaired) electrons. The van der Waals surface area contributed by atoms with Gasteiger partial charge in [0.15, 0.2) is 5.76 Å². The Kier molecular flexibility index (Phi) is 4.24. The van der Waals surface area contributed by atoms with Crippen molar-refractivity contribution in [2.75, 3.05) is 0 Å². The zero-order valence-corrected chi connectivity index (χ0v) is 14.6. The van der Waals surface area contributed by atoms with Gasteiger partial charge in [-0.15, -0.1) is 11.3 Å². The Morgan fingerprint density at radius 2 is 2.00 bits per heavy atom. The van der Waals surface area contributed by atoms with Crippen LogP contribution in [0.5, 0.6) is 0 Å². The molecule has 0 saturated heterocycles. The first-order valence-electron chi connectivity index (χ1n) is 7.95. The van der Waals surface area contributed by atoms with Gasteiger partial charge in [0.05, 0.1) is 10.5 Å². The van der Waals surface area contributed by atoms with E-state index in [1.807, 2.05) is 35.7 Å². The van der Waals surface area contributed by atoms with Crippen molar-refractivity contribution in [3.63, 3.8) is 0 Å². The predicted octanol–water partition coefficient (Wildman–Crippen LogP) is 5.53. The third-order valence-corrected chi connectivity index (χ3v) is 4.82. The largest absolute Gasteiger partial charge is 0.454 e. The third-order valence-electron chi connectivity index (χ3n) is 3.95. The number of aromatic nitrogens is 1. The molecule has 6 nitrogen and oxygen atoms in total. The molecule has 0 spiro atoms. The van der Waals surface area contributed by atoms with E-state index in [4.69, 9.17) is 4.42 Å². The summed E-state index contributed by atoms with van der Waals surface area (Å²) in [6.45, 7) is 0. The van der Waals surface area contributed by atoms with E-state index in [9.17, 15) is 15.4 Å². The standard InChI is InChI=1S/C20H11N3O3S/c21-11-15(9-13-5-7-16(8-6-13)23(24)25)20-22-17(12-27-20)19-10-14-3-1-2-4-18(14)26-19/h1-10,12H/b15-9+. The Morgan fingerprint density at radius 1 is 1.22 bits per heavy atom. The third kappa shape index (κ3) is 3.34. The number of benzene rings is 2. The molecule has 2 aromatic heterocycles. The van der Waals surface area contributed by atoms with Crippen LogP contribution in [0.3, 0.4) is 0 Å². The van der Waals surface area contributed by atoms with Gasteiger partial charge in [-0.3, -0.25) is 10.1 Å². The molecular formula is C20H11N3O3S. The average Bonchev–Trinajstić information content (AvgIpc) is 3.33. The molecule has 27 heavy (non-hydrogen) atoms. The van der Waals surface area contributed by atoms with Crippen molar-refractivity contribution in [1.82, 2.24) is 4.98 Å². The van der Waals surface area contributed by atoms with Crippen LogP contribution in [0.2, 0.25) is 0 Å². The van der Waals surface area contributed by atoms with Crippen LogP contribution in [0.4, 0.5) is 5.69 Å². The number of allylic oxidation sites excluding steroid dienone is 1. The number of rotatable bonds is 4. The quantitative estimate of drug-likeness (QED) is 0.266. The molecule has 0 aliphatic carbocycles. The molecule has 0 amide bonds. The molecule has 0 fully saturated rings. The van der Waals surface area contributed by atoms with Crippen LogP contribution < -0.4 is 0 Å². The van der Waals surface area contributed by atoms with E-state index in [1.165, 1.54) is 23.5 Å². The first-order valence-corrected chi connectivity index (χ1v) is 8.83. The van der Waals surface area contributed by atoms with Gasteiger partial charge in [0.1, 0.15) is 22.4 Å². The summed E-state index contributed by atoms with van der Waals surface area (Å²) in [6.07, 6.45) is 1.66. The fraction of sp³-hybridized carbons (Fsp3) is 0. The molecule has 2 heterocycles. The summed E-state index contributed by atoms with van der Waals surface area (Å²) >= 11 is 1.34. The molecular weight excluding hydrogens is 362 g/mol. The Bertz CT molecular complexity index is 1180. The summed E-state index contributed by atoms with van der Waals surface area (Å²) in [4.78, 5) is 14.8. The van der Waals surface area contributed by atoms with Crippen molar-refractivity contribution in [1.29, 1.82) is 5.26 Å². The normalized spacial score (nSPS) is 11.4. The minimum Gasteiger partial charge on any atom is -0.454 e. The number of hydrogen-bond donors (Lipinski definition) is 0. The van der Waals surface area contributed by atoms with Crippen molar-refractivity contribution in [3.8, 4) is 17.5 Å². The molecule has 0 aliphatic rings. The number of nitro benzene ring substituents is 1. The van der Waals surface area contributed by atoms with Gasteiger partial charge in [0, 0.05) is 22.9 Å². The highest BCUT2D eigenvalue weighted by Gasteiger charge is 2.13. The average molecular weight is 373 g/mol. The molecule has 0 aliphatic heterocycles. The monoisotopic (exact) mass is 373 g/mol. The van der Waals surface area contributed by atoms with E-state index >= 15 is 0 Å². The van der Waals surface area contributed by atoms with Gasteiger partial charge in [-0.1, -0.05) is 18.2 Å². The minimum atomic E-state index is -0.459. The molecule has 2 aromatic carbocycles. The van der Waals surface area contributed by atoms with Crippen LogP contribution in [-0.2, 0) is 0 Å². The number of nitro groups is 1. The number of non-ortho nitro benzene ring substituents is 1. The van der Waals surface area contributed by atoms with Gasteiger partial charge < -0.3 is 4.42 Å². The van der Waals surface area contributed by atoms with Crippen molar-refractivity contribution in [3.05, 3.63) is 80.7 Å². The summed E-state index contributed by atoms with van der Waals surface area (Å²) in [6, 6.07) is 17.8. The van der Waals surface area contributed by atoms with Gasteiger partial charge >= 0.3 is 0 Å². The van der Waals surface area contributed by atoms with Crippen LogP contribution in [0, 0.1) is 21.4 Å². The summed E-state index contributed by atoms with van der Waals surface area (Å²) in [5, 5.41) is 23.6. The Hall–Kier alpha value is -3.76. The summed E-state index contributed by atoms with van der Waals surface area (Å²) in [7, 11) is 0. The van der Waals surface area contributed by atoms with E-state index in [-0.39, 0.29) is 5.69 Å². The second-order valence-electron chi connectivity index (χ2n) is 5.70. The summed E-state index contributed by atoms with van der Waals surface area (Å²) in [5.41, 5.74) is 2.53. The first kappa shape index (κ1) is 16.7. The van der Waals surface area contributed by atoms with E-state index in [0.29, 0.717) is 27.6 Å². The van der Waals surface area contributed by atoms with Gasteiger partial charge in [0.25, 0.3) is 5.69 Å². The molecule has 4 aromatic rings. The highest BCUT2D eigenvalue weighted by atomic mass is 32.1. The molecule has 130 valence electrons. The highest BCUT2D eigenvalue weighted by Crippen LogP contribution is 2.31. The minimum absolute atomic E-state index is 0.00655. The van der Waals surface area contributed by atoms with Crippen LogP contribution in [-0.4, -0.2) is 9.91 Å². The molecule has 7 heteroatoms.